The number of alkyl halides is 2. The van der Waals surface area contributed by atoms with Crippen molar-refractivity contribution in [2.24, 2.45) is 0 Å². The van der Waals surface area contributed by atoms with Crippen molar-refractivity contribution in [2.45, 2.75) is 18.4 Å². The van der Waals surface area contributed by atoms with Crippen molar-refractivity contribution in [2.75, 3.05) is 19.0 Å². The molecule has 7 nitrogen and oxygen atoms in total. The summed E-state index contributed by atoms with van der Waals surface area (Å²) in [5.41, 5.74) is 0.521. The zero-order chi connectivity index (χ0) is 20.0. The van der Waals surface area contributed by atoms with Gasteiger partial charge in [-0.3, -0.25) is 4.79 Å². The molecule has 2 aromatic carbocycles. The van der Waals surface area contributed by atoms with Crippen LogP contribution in [-0.2, 0) is 10.0 Å². The van der Waals surface area contributed by atoms with Crippen LogP contribution in [0, 0.1) is 0 Å². The summed E-state index contributed by atoms with van der Waals surface area (Å²) in [5.74, 6) is -0.685. The number of sulfonamides is 1. The van der Waals surface area contributed by atoms with Gasteiger partial charge in [-0.05, 0) is 56.4 Å². The Labute approximate surface area is 155 Å². The van der Waals surface area contributed by atoms with E-state index in [9.17, 15) is 22.0 Å². The Morgan fingerprint density at radius 3 is 2.33 bits per heavy atom. The van der Waals surface area contributed by atoms with Crippen molar-refractivity contribution in [3.05, 3.63) is 48.0 Å². The number of halogens is 2. The lowest BCUT2D eigenvalue weighted by molar-refractivity contribution is -0.0514. The molecule has 0 aliphatic heterocycles. The average molecular weight is 400 g/mol. The number of hydrogen-bond donors (Lipinski definition) is 2. The van der Waals surface area contributed by atoms with Gasteiger partial charge >= 0.3 is 6.61 Å². The first-order chi connectivity index (χ1) is 12.8. The lowest BCUT2D eigenvalue weighted by Gasteiger charge is -2.13. The third kappa shape index (κ3) is 5.38. The number of amides is 1. The lowest BCUT2D eigenvalue weighted by atomic mass is 10.2. The van der Waals surface area contributed by atoms with Gasteiger partial charge in [0, 0.05) is 11.3 Å². The summed E-state index contributed by atoms with van der Waals surface area (Å²) >= 11 is 0. The number of rotatable bonds is 8. The second kappa shape index (κ2) is 8.78. The van der Waals surface area contributed by atoms with Gasteiger partial charge in [-0.15, -0.1) is 0 Å². The largest absolute Gasteiger partial charge is 0.490 e. The van der Waals surface area contributed by atoms with E-state index in [1.54, 1.807) is 6.92 Å². The molecular formula is C17H18F2N2O5S. The SMILES string of the molecule is CCOc1cc(C(=O)Nc2ccc(S(=O)(=O)NC)cc2)ccc1OC(F)F. The minimum Gasteiger partial charge on any atom is -0.490 e. The number of hydrogen-bond acceptors (Lipinski definition) is 5. The van der Waals surface area contributed by atoms with E-state index >= 15 is 0 Å². The summed E-state index contributed by atoms with van der Waals surface area (Å²) in [4.78, 5) is 12.4. The maximum Gasteiger partial charge on any atom is 0.387 e. The molecule has 0 aliphatic carbocycles. The maximum absolute atomic E-state index is 12.4. The van der Waals surface area contributed by atoms with Crippen molar-refractivity contribution < 1.29 is 31.5 Å². The summed E-state index contributed by atoms with van der Waals surface area (Å²) in [6.45, 7) is -1.15. The number of benzene rings is 2. The minimum absolute atomic E-state index is 0.0147. The molecule has 0 radical (unpaired) electrons. The summed E-state index contributed by atoms with van der Waals surface area (Å²) in [6, 6.07) is 9.36. The van der Waals surface area contributed by atoms with Crippen LogP contribution in [0.2, 0.25) is 0 Å². The average Bonchev–Trinajstić information content (AvgIpc) is 2.63. The van der Waals surface area contributed by atoms with Crippen LogP contribution in [0.25, 0.3) is 0 Å². The van der Waals surface area contributed by atoms with Crippen LogP contribution in [0.4, 0.5) is 14.5 Å². The van der Waals surface area contributed by atoms with Gasteiger partial charge in [0.05, 0.1) is 11.5 Å². The molecule has 2 N–H and O–H groups in total. The second-order valence-electron chi connectivity index (χ2n) is 5.16. The smallest absolute Gasteiger partial charge is 0.387 e. The maximum atomic E-state index is 12.4. The number of anilines is 1. The highest BCUT2D eigenvalue weighted by molar-refractivity contribution is 7.89. The normalized spacial score (nSPS) is 11.3. The summed E-state index contributed by atoms with van der Waals surface area (Å²) in [5, 5.41) is 2.59. The number of ether oxygens (including phenoxy) is 2. The first-order valence-corrected chi connectivity index (χ1v) is 9.31. The monoisotopic (exact) mass is 400 g/mol. The van der Waals surface area contributed by atoms with E-state index in [1.807, 2.05) is 0 Å². The first kappa shape index (κ1) is 20.6. The van der Waals surface area contributed by atoms with Crippen molar-refractivity contribution in [3.63, 3.8) is 0 Å². The molecule has 10 heteroatoms. The molecule has 0 bridgehead atoms. The van der Waals surface area contributed by atoms with Crippen molar-refractivity contribution >= 4 is 21.6 Å². The highest BCUT2D eigenvalue weighted by atomic mass is 32.2. The molecule has 0 aromatic heterocycles. The quantitative estimate of drug-likeness (QED) is 0.711. The molecule has 0 atom stereocenters. The van der Waals surface area contributed by atoms with E-state index in [2.05, 4.69) is 14.8 Å². The molecule has 0 spiro atoms. The number of carbonyl (C=O) groups excluding carboxylic acids is 1. The van der Waals surface area contributed by atoms with E-state index in [0.29, 0.717) is 5.69 Å². The molecule has 0 saturated carbocycles. The lowest BCUT2D eigenvalue weighted by Crippen LogP contribution is -2.18. The Balaban J connectivity index is 2.19. The van der Waals surface area contributed by atoms with E-state index in [-0.39, 0.29) is 28.6 Å². The molecule has 1 amide bonds. The summed E-state index contributed by atoms with van der Waals surface area (Å²) in [7, 11) is -2.28. The van der Waals surface area contributed by atoms with Crippen molar-refractivity contribution in [1.82, 2.24) is 4.72 Å². The van der Waals surface area contributed by atoms with Gasteiger partial charge in [-0.25, -0.2) is 13.1 Å². The molecule has 0 saturated heterocycles. The van der Waals surface area contributed by atoms with Gasteiger partial charge in [0.1, 0.15) is 0 Å². The van der Waals surface area contributed by atoms with Gasteiger partial charge in [-0.2, -0.15) is 8.78 Å². The van der Waals surface area contributed by atoms with Crippen LogP contribution in [-0.4, -0.2) is 34.6 Å². The van der Waals surface area contributed by atoms with Crippen molar-refractivity contribution in [1.29, 1.82) is 0 Å². The Morgan fingerprint density at radius 1 is 1.11 bits per heavy atom. The van der Waals surface area contributed by atoms with Gasteiger partial charge in [-0.1, -0.05) is 0 Å². The molecule has 0 heterocycles. The fourth-order valence-corrected chi connectivity index (χ4v) is 2.88. The van der Waals surface area contributed by atoms with Crippen LogP contribution in [0.5, 0.6) is 11.5 Å². The molecule has 0 unspecified atom stereocenters. The van der Waals surface area contributed by atoms with E-state index < -0.39 is 22.5 Å². The molecule has 146 valence electrons. The highest BCUT2D eigenvalue weighted by Gasteiger charge is 2.15. The Kier molecular flexibility index (Phi) is 6.70. The van der Waals surface area contributed by atoms with Gasteiger partial charge in [0.2, 0.25) is 10.0 Å². The van der Waals surface area contributed by atoms with Crippen LogP contribution in [0.15, 0.2) is 47.4 Å². The number of carbonyl (C=O) groups is 1. The molecule has 0 fully saturated rings. The molecule has 2 rings (SSSR count). The summed E-state index contributed by atoms with van der Waals surface area (Å²) in [6.07, 6.45) is 0. The third-order valence-corrected chi connectivity index (χ3v) is 4.84. The van der Waals surface area contributed by atoms with Gasteiger partial charge < -0.3 is 14.8 Å². The standard InChI is InChI=1S/C17H18F2N2O5S/c1-3-25-15-10-11(4-9-14(15)26-17(18)19)16(22)21-12-5-7-13(8-6-12)27(23,24)20-2/h4-10,17,20H,3H2,1-2H3,(H,21,22). The van der Waals surface area contributed by atoms with Crippen LogP contribution in [0.3, 0.4) is 0 Å². The van der Waals surface area contributed by atoms with Crippen LogP contribution >= 0.6 is 0 Å². The fraction of sp³-hybridized carbons (Fsp3) is 0.235. The molecule has 2 aromatic rings. The Bertz CT molecular complexity index is 902. The second-order valence-corrected chi connectivity index (χ2v) is 7.05. The predicted octanol–water partition coefficient (Wildman–Crippen LogP) is 2.85. The predicted molar refractivity (Wildman–Crippen MR) is 94.9 cm³/mol. The molecule has 0 aliphatic rings. The molecule has 27 heavy (non-hydrogen) atoms. The molecular weight excluding hydrogens is 382 g/mol. The van der Waals surface area contributed by atoms with Crippen LogP contribution < -0.4 is 19.5 Å². The van der Waals surface area contributed by atoms with Gasteiger partial charge in [0.25, 0.3) is 5.91 Å². The Morgan fingerprint density at radius 2 is 1.78 bits per heavy atom. The van der Waals surface area contributed by atoms with E-state index in [0.717, 1.165) is 0 Å². The summed E-state index contributed by atoms with van der Waals surface area (Å²) < 4.78 is 60.0. The zero-order valence-corrected chi connectivity index (χ0v) is 15.3. The zero-order valence-electron chi connectivity index (χ0n) is 14.5. The van der Waals surface area contributed by atoms with Crippen molar-refractivity contribution in [3.8, 4) is 11.5 Å². The minimum atomic E-state index is -3.58. The fourth-order valence-electron chi connectivity index (χ4n) is 2.15. The van der Waals surface area contributed by atoms with E-state index in [1.165, 1.54) is 49.5 Å². The third-order valence-electron chi connectivity index (χ3n) is 3.41. The first-order valence-electron chi connectivity index (χ1n) is 7.83. The number of nitrogens with one attached hydrogen (secondary N) is 2. The van der Waals surface area contributed by atoms with E-state index in [4.69, 9.17) is 4.74 Å². The van der Waals surface area contributed by atoms with Crippen LogP contribution in [0.1, 0.15) is 17.3 Å². The highest BCUT2D eigenvalue weighted by Crippen LogP contribution is 2.30. The van der Waals surface area contributed by atoms with Gasteiger partial charge in [0.15, 0.2) is 11.5 Å². The Hall–Kier alpha value is -2.72. The topological polar surface area (TPSA) is 93.7 Å².